The predicted molar refractivity (Wildman–Crippen MR) is 67.6 cm³/mol. The Morgan fingerprint density at radius 3 is 3.00 bits per heavy atom. The third-order valence-corrected chi connectivity index (χ3v) is 3.79. The lowest BCUT2D eigenvalue weighted by Crippen LogP contribution is -2.32. The minimum Gasteiger partial charge on any atom is -0.236 e. The van der Waals surface area contributed by atoms with Gasteiger partial charge in [0.2, 0.25) is 5.52 Å². The van der Waals surface area contributed by atoms with E-state index in [0.29, 0.717) is 0 Å². The summed E-state index contributed by atoms with van der Waals surface area (Å²) in [5.41, 5.74) is 1.13. The van der Waals surface area contributed by atoms with Crippen molar-refractivity contribution in [1.82, 2.24) is 4.98 Å². The quantitative estimate of drug-likeness (QED) is 0.617. The van der Waals surface area contributed by atoms with Crippen LogP contribution in [0.5, 0.6) is 0 Å². The first-order valence-electron chi connectivity index (χ1n) is 5.55. The summed E-state index contributed by atoms with van der Waals surface area (Å²) in [5.74, 6) is 0. The Kier molecular flexibility index (Phi) is 2.33. The minimum atomic E-state index is 1.04. The molecule has 2 aromatic heterocycles. The van der Waals surface area contributed by atoms with Crippen molar-refractivity contribution in [3.8, 4) is 0 Å². The Hall–Kier alpha value is -1.48. The average Bonchev–Trinajstić information content (AvgIpc) is 2.67. The molecular formula is C13H13N2S+. The second-order valence-electron chi connectivity index (χ2n) is 3.92. The topological polar surface area (TPSA) is 16.8 Å². The Balaban J connectivity index is 2.28. The van der Waals surface area contributed by atoms with Crippen molar-refractivity contribution in [2.24, 2.45) is 0 Å². The highest BCUT2D eigenvalue weighted by Crippen LogP contribution is 2.30. The molecule has 0 aliphatic heterocycles. The second-order valence-corrected chi connectivity index (χ2v) is 5.01. The number of hydrogen-bond acceptors (Lipinski definition) is 2. The van der Waals surface area contributed by atoms with E-state index in [0.717, 1.165) is 18.5 Å². The third kappa shape index (κ3) is 1.48. The number of benzene rings is 1. The highest BCUT2D eigenvalue weighted by Gasteiger charge is 2.11. The van der Waals surface area contributed by atoms with Gasteiger partial charge in [0.15, 0.2) is 0 Å². The fraction of sp³-hybridized carbons (Fsp3) is 0.231. The summed E-state index contributed by atoms with van der Waals surface area (Å²) in [7, 11) is 0. The van der Waals surface area contributed by atoms with Crippen molar-refractivity contribution in [1.29, 1.82) is 0 Å². The lowest BCUT2D eigenvalue weighted by molar-refractivity contribution is -0.698. The molecule has 0 atom stereocenters. The first kappa shape index (κ1) is 9.73. The number of hydrogen-bond donors (Lipinski definition) is 0. The van der Waals surface area contributed by atoms with Crippen LogP contribution >= 0.6 is 11.3 Å². The fourth-order valence-electron chi connectivity index (χ4n) is 1.97. The molecule has 0 aliphatic carbocycles. The molecule has 0 aliphatic rings. The fourth-order valence-corrected chi connectivity index (χ4v) is 3.07. The molecule has 3 aromatic rings. The predicted octanol–water partition coefficient (Wildman–Crippen LogP) is 3.15. The molecule has 0 bridgehead atoms. The number of aromatic nitrogens is 2. The standard InChI is InChI=1S/C13H13N2S/c1-2-7-15-8-12-13(14-9-15)10-5-3-4-6-11(10)16-12/h3-6,8-9H,2,7H2,1H3/q+1. The van der Waals surface area contributed by atoms with E-state index < -0.39 is 0 Å². The molecule has 2 heterocycles. The summed E-state index contributed by atoms with van der Waals surface area (Å²) in [6, 6.07) is 8.46. The Morgan fingerprint density at radius 2 is 2.12 bits per heavy atom. The van der Waals surface area contributed by atoms with Crippen LogP contribution in [-0.2, 0) is 6.54 Å². The summed E-state index contributed by atoms with van der Waals surface area (Å²) in [6.07, 6.45) is 5.28. The first-order valence-corrected chi connectivity index (χ1v) is 6.36. The van der Waals surface area contributed by atoms with E-state index in [9.17, 15) is 0 Å². The number of aryl methyl sites for hydroxylation is 1. The van der Waals surface area contributed by atoms with Crippen LogP contribution in [0.1, 0.15) is 13.3 Å². The minimum absolute atomic E-state index is 1.04. The largest absolute Gasteiger partial charge is 0.286 e. The van der Waals surface area contributed by atoms with Crippen molar-refractivity contribution in [2.45, 2.75) is 19.9 Å². The van der Waals surface area contributed by atoms with Gasteiger partial charge >= 0.3 is 0 Å². The van der Waals surface area contributed by atoms with Crippen LogP contribution in [0.4, 0.5) is 0 Å². The van der Waals surface area contributed by atoms with Gasteiger partial charge in [0.05, 0.1) is 6.54 Å². The van der Waals surface area contributed by atoms with Crippen molar-refractivity contribution in [2.75, 3.05) is 0 Å². The van der Waals surface area contributed by atoms with E-state index in [-0.39, 0.29) is 0 Å². The van der Waals surface area contributed by atoms with Crippen LogP contribution in [0.2, 0.25) is 0 Å². The maximum absolute atomic E-state index is 4.56. The van der Waals surface area contributed by atoms with Crippen molar-refractivity contribution < 1.29 is 4.57 Å². The maximum atomic E-state index is 4.56. The third-order valence-electron chi connectivity index (χ3n) is 2.70. The Labute approximate surface area is 98.2 Å². The Morgan fingerprint density at radius 1 is 1.25 bits per heavy atom. The number of rotatable bonds is 2. The average molecular weight is 229 g/mol. The van der Waals surface area contributed by atoms with Gasteiger partial charge < -0.3 is 0 Å². The number of thiophene rings is 1. The van der Waals surface area contributed by atoms with E-state index in [1.54, 1.807) is 0 Å². The van der Waals surface area contributed by atoms with E-state index in [2.05, 4.69) is 46.9 Å². The zero-order chi connectivity index (χ0) is 11.0. The molecule has 0 saturated heterocycles. The van der Waals surface area contributed by atoms with Crippen molar-refractivity contribution in [3.63, 3.8) is 0 Å². The molecule has 3 rings (SSSR count). The first-order chi connectivity index (χ1) is 7.88. The molecule has 0 unspecified atom stereocenters. The summed E-state index contributed by atoms with van der Waals surface area (Å²) >= 11 is 1.82. The Bertz CT molecular complexity index is 643. The monoisotopic (exact) mass is 229 g/mol. The van der Waals surface area contributed by atoms with Crippen LogP contribution in [0.3, 0.4) is 0 Å². The molecule has 2 nitrogen and oxygen atoms in total. The van der Waals surface area contributed by atoms with Gasteiger partial charge in [-0.05, 0) is 23.5 Å². The van der Waals surface area contributed by atoms with Gasteiger partial charge in [-0.2, -0.15) is 0 Å². The van der Waals surface area contributed by atoms with Gasteiger partial charge in [0.1, 0.15) is 10.9 Å². The molecule has 16 heavy (non-hydrogen) atoms. The summed E-state index contributed by atoms with van der Waals surface area (Å²) in [5, 5.41) is 1.27. The van der Waals surface area contributed by atoms with Crippen LogP contribution in [0.15, 0.2) is 36.8 Å². The molecule has 0 saturated carbocycles. The van der Waals surface area contributed by atoms with Crippen LogP contribution in [0, 0.1) is 0 Å². The SMILES string of the molecule is CCC[n+]1cnc2c(c1)sc1ccccc12. The van der Waals surface area contributed by atoms with E-state index in [4.69, 9.17) is 0 Å². The zero-order valence-corrected chi connectivity index (χ0v) is 10.00. The lowest BCUT2D eigenvalue weighted by atomic mass is 10.2. The molecule has 1 aromatic carbocycles. The normalized spacial score (nSPS) is 11.3. The van der Waals surface area contributed by atoms with Gasteiger partial charge in [0.25, 0.3) is 6.33 Å². The van der Waals surface area contributed by atoms with Crippen LogP contribution in [-0.4, -0.2) is 4.98 Å². The number of fused-ring (bicyclic) bond motifs is 3. The molecule has 0 fully saturated rings. The van der Waals surface area contributed by atoms with E-state index >= 15 is 0 Å². The molecule has 0 spiro atoms. The van der Waals surface area contributed by atoms with Gasteiger partial charge in [-0.15, -0.1) is 11.3 Å². The number of nitrogens with zero attached hydrogens (tertiary/aromatic N) is 2. The zero-order valence-electron chi connectivity index (χ0n) is 9.18. The van der Waals surface area contributed by atoms with Crippen molar-refractivity contribution >= 4 is 31.6 Å². The molecule has 80 valence electrons. The molecule has 3 heteroatoms. The second kappa shape index (κ2) is 3.83. The van der Waals surface area contributed by atoms with E-state index in [1.807, 2.05) is 17.7 Å². The van der Waals surface area contributed by atoms with Crippen LogP contribution < -0.4 is 4.57 Å². The van der Waals surface area contributed by atoms with Crippen molar-refractivity contribution in [3.05, 3.63) is 36.8 Å². The smallest absolute Gasteiger partial charge is 0.236 e. The van der Waals surface area contributed by atoms with Crippen LogP contribution in [0.25, 0.3) is 20.3 Å². The van der Waals surface area contributed by atoms with Gasteiger partial charge in [-0.25, -0.2) is 4.57 Å². The molecule has 0 amide bonds. The molecule has 0 radical (unpaired) electrons. The van der Waals surface area contributed by atoms with Gasteiger partial charge in [-0.3, -0.25) is 0 Å². The maximum Gasteiger partial charge on any atom is 0.286 e. The molecular weight excluding hydrogens is 216 g/mol. The highest BCUT2D eigenvalue weighted by molar-refractivity contribution is 7.25. The van der Waals surface area contributed by atoms with Gasteiger partial charge in [-0.1, -0.05) is 19.1 Å². The molecule has 0 N–H and O–H groups in total. The summed E-state index contributed by atoms with van der Waals surface area (Å²) in [4.78, 5) is 4.56. The van der Waals surface area contributed by atoms with E-state index in [1.165, 1.54) is 14.8 Å². The highest BCUT2D eigenvalue weighted by atomic mass is 32.1. The lowest BCUT2D eigenvalue weighted by Gasteiger charge is -1.93. The summed E-state index contributed by atoms with van der Waals surface area (Å²) < 4.78 is 4.76. The summed E-state index contributed by atoms with van der Waals surface area (Å²) in [6.45, 7) is 3.22. The van der Waals surface area contributed by atoms with Gasteiger partial charge in [0, 0.05) is 10.1 Å².